The van der Waals surface area contributed by atoms with Gasteiger partial charge in [-0.2, -0.15) is 0 Å². The summed E-state index contributed by atoms with van der Waals surface area (Å²) in [5.41, 5.74) is 11.5. The molecule has 3 rings (SSSR count). The summed E-state index contributed by atoms with van der Waals surface area (Å²) in [5.74, 6) is 4.10. The molecule has 0 radical (unpaired) electrons. The monoisotopic (exact) mass is 352 g/mol. The van der Waals surface area contributed by atoms with Crippen molar-refractivity contribution in [1.29, 1.82) is 0 Å². The number of rotatable bonds is 2. The Labute approximate surface area is 150 Å². The van der Waals surface area contributed by atoms with Crippen LogP contribution < -0.4 is 11.5 Å². The first-order chi connectivity index (χ1) is 12.4. The van der Waals surface area contributed by atoms with Crippen molar-refractivity contribution >= 4 is 17.5 Å². The van der Waals surface area contributed by atoms with Gasteiger partial charge in [-0.25, -0.2) is 9.37 Å². The number of carbonyl (C=O) groups is 2. The fraction of sp³-hybridized carbons (Fsp3) is 0.211. The third-order valence-corrected chi connectivity index (χ3v) is 4.19. The minimum absolute atomic E-state index is 0.00556. The SMILES string of the molecule is CN1CC[C@@H](C#Cc2cccc(-c3nc(C(N)=O)c(N)cc3F)c2)C1=O. The van der Waals surface area contributed by atoms with Gasteiger partial charge in [0.15, 0.2) is 11.5 Å². The van der Waals surface area contributed by atoms with E-state index in [-0.39, 0.29) is 28.9 Å². The van der Waals surface area contributed by atoms with Crippen LogP contribution in [0.5, 0.6) is 0 Å². The first kappa shape index (κ1) is 17.4. The number of nitrogens with zero attached hydrogens (tertiary/aromatic N) is 2. The predicted octanol–water partition coefficient (Wildman–Crippen LogP) is 1.40. The summed E-state index contributed by atoms with van der Waals surface area (Å²) in [5, 5.41) is 0. The Morgan fingerprint density at radius 1 is 1.38 bits per heavy atom. The van der Waals surface area contributed by atoms with E-state index in [0.29, 0.717) is 24.1 Å². The molecular weight excluding hydrogens is 335 g/mol. The smallest absolute Gasteiger partial charge is 0.269 e. The van der Waals surface area contributed by atoms with Crippen molar-refractivity contribution in [3.05, 3.63) is 47.4 Å². The molecule has 26 heavy (non-hydrogen) atoms. The van der Waals surface area contributed by atoms with Crippen molar-refractivity contribution in [2.45, 2.75) is 6.42 Å². The highest BCUT2D eigenvalue weighted by atomic mass is 19.1. The summed E-state index contributed by atoms with van der Waals surface area (Å²) in [6.07, 6.45) is 0.693. The summed E-state index contributed by atoms with van der Waals surface area (Å²) in [4.78, 5) is 28.9. The average molecular weight is 352 g/mol. The number of hydrogen-bond acceptors (Lipinski definition) is 4. The van der Waals surface area contributed by atoms with Crippen LogP contribution in [-0.2, 0) is 4.79 Å². The maximum absolute atomic E-state index is 14.3. The third-order valence-electron chi connectivity index (χ3n) is 4.19. The molecule has 2 aromatic rings. The molecule has 2 heterocycles. The zero-order chi connectivity index (χ0) is 18.8. The Kier molecular flexibility index (Phi) is 4.59. The molecular formula is C19H17FN4O2. The Morgan fingerprint density at radius 2 is 2.15 bits per heavy atom. The molecule has 0 unspecified atom stereocenters. The number of likely N-dealkylation sites (tertiary alicyclic amines) is 1. The zero-order valence-corrected chi connectivity index (χ0v) is 14.1. The Hall–Kier alpha value is -3.40. The number of nitrogens with two attached hydrogens (primary N) is 2. The van der Waals surface area contributed by atoms with Gasteiger partial charge in [-0.1, -0.05) is 24.0 Å². The van der Waals surface area contributed by atoms with E-state index in [1.807, 2.05) is 0 Å². The molecule has 0 bridgehead atoms. The summed E-state index contributed by atoms with van der Waals surface area (Å²) >= 11 is 0. The molecule has 1 atom stereocenters. The van der Waals surface area contributed by atoms with Gasteiger partial charge in [0, 0.05) is 30.8 Å². The summed E-state index contributed by atoms with van der Waals surface area (Å²) in [6.45, 7) is 0.689. The van der Waals surface area contributed by atoms with Crippen LogP contribution in [-0.4, -0.2) is 35.3 Å². The fourth-order valence-corrected chi connectivity index (χ4v) is 2.77. The second-order valence-corrected chi connectivity index (χ2v) is 6.07. The molecule has 0 saturated carbocycles. The van der Waals surface area contributed by atoms with E-state index in [0.717, 1.165) is 6.07 Å². The number of pyridine rings is 1. The van der Waals surface area contributed by atoms with Crippen LogP contribution in [0.15, 0.2) is 30.3 Å². The molecule has 2 amide bonds. The van der Waals surface area contributed by atoms with Gasteiger partial charge in [0.1, 0.15) is 11.6 Å². The highest BCUT2D eigenvalue weighted by Crippen LogP contribution is 2.25. The van der Waals surface area contributed by atoms with Gasteiger partial charge in [0.2, 0.25) is 5.91 Å². The van der Waals surface area contributed by atoms with E-state index in [1.54, 1.807) is 36.2 Å². The molecule has 7 heteroatoms. The van der Waals surface area contributed by atoms with E-state index >= 15 is 0 Å². The minimum atomic E-state index is -0.830. The molecule has 1 aliphatic heterocycles. The lowest BCUT2D eigenvalue weighted by Crippen LogP contribution is -2.21. The minimum Gasteiger partial charge on any atom is -0.397 e. The first-order valence-electron chi connectivity index (χ1n) is 7.99. The number of anilines is 1. The van der Waals surface area contributed by atoms with Crippen LogP contribution in [0.2, 0.25) is 0 Å². The van der Waals surface area contributed by atoms with E-state index in [1.165, 1.54) is 0 Å². The van der Waals surface area contributed by atoms with Crippen molar-refractivity contribution in [1.82, 2.24) is 9.88 Å². The van der Waals surface area contributed by atoms with Gasteiger partial charge in [-0.15, -0.1) is 0 Å². The van der Waals surface area contributed by atoms with Crippen LogP contribution in [0.4, 0.5) is 10.1 Å². The Balaban J connectivity index is 1.95. The number of halogens is 1. The number of aromatic nitrogens is 1. The maximum Gasteiger partial charge on any atom is 0.269 e. The zero-order valence-electron chi connectivity index (χ0n) is 14.1. The number of amides is 2. The molecule has 1 aliphatic rings. The average Bonchev–Trinajstić information content (AvgIpc) is 2.92. The van der Waals surface area contributed by atoms with Crippen LogP contribution in [0.3, 0.4) is 0 Å². The third kappa shape index (κ3) is 3.35. The quantitative estimate of drug-likeness (QED) is 0.798. The number of benzene rings is 1. The van der Waals surface area contributed by atoms with Gasteiger partial charge < -0.3 is 16.4 Å². The number of nitrogen functional groups attached to an aromatic ring is 1. The standard InChI is InChI=1S/C19H17FN4O2/c1-24-8-7-12(19(24)26)6-5-11-3-2-4-13(9-11)16-14(20)10-15(21)17(23-16)18(22)25/h2-4,9-10,12H,7-8,21H2,1H3,(H2,22,25)/t12-/m1/s1. The lowest BCUT2D eigenvalue weighted by molar-refractivity contribution is -0.128. The highest BCUT2D eigenvalue weighted by molar-refractivity contribution is 5.96. The van der Waals surface area contributed by atoms with Gasteiger partial charge >= 0.3 is 0 Å². The van der Waals surface area contributed by atoms with Crippen molar-refractivity contribution in [3.8, 4) is 23.1 Å². The second-order valence-electron chi connectivity index (χ2n) is 6.07. The molecule has 1 fully saturated rings. The molecule has 0 aliphatic carbocycles. The van der Waals surface area contributed by atoms with Crippen molar-refractivity contribution in [2.75, 3.05) is 19.3 Å². The summed E-state index contributed by atoms with van der Waals surface area (Å²) in [7, 11) is 1.75. The van der Waals surface area contributed by atoms with E-state index in [4.69, 9.17) is 11.5 Å². The van der Waals surface area contributed by atoms with Crippen LogP contribution >= 0.6 is 0 Å². The second kappa shape index (κ2) is 6.84. The topological polar surface area (TPSA) is 102 Å². The first-order valence-corrected chi connectivity index (χ1v) is 7.99. The predicted molar refractivity (Wildman–Crippen MR) is 95.2 cm³/mol. The van der Waals surface area contributed by atoms with Crippen LogP contribution in [0.25, 0.3) is 11.3 Å². The van der Waals surface area contributed by atoms with Crippen molar-refractivity contribution in [2.24, 2.45) is 11.7 Å². The fourth-order valence-electron chi connectivity index (χ4n) is 2.77. The molecule has 4 N–H and O–H groups in total. The normalized spacial score (nSPS) is 16.3. The van der Waals surface area contributed by atoms with E-state index in [2.05, 4.69) is 16.8 Å². The lowest BCUT2D eigenvalue weighted by Gasteiger charge is -2.07. The number of carbonyl (C=O) groups excluding carboxylic acids is 2. The summed E-state index contributed by atoms with van der Waals surface area (Å²) in [6, 6.07) is 7.76. The molecule has 6 nitrogen and oxygen atoms in total. The molecule has 132 valence electrons. The van der Waals surface area contributed by atoms with Crippen LogP contribution in [0, 0.1) is 23.6 Å². The van der Waals surface area contributed by atoms with E-state index in [9.17, 15) is 14.0 Å². The van der Waals surface area contributed by atoms with Gasteiger partial charge in [-0.3, -0.25) is 9.59 Å². The van der Waals surface area contributed by atoms with Gasteiger partial charge in [0.25, 0.3) is 5.91 Å². The van der Waals surface area contributed by atoms with Crippen LogP contribution in [0.1, 0.15) is 22.5 Å². The van der Waals surface area contributed by atoms with Gasteiger partial charge in [0.05, 0.1) is 5.69 Å². The molecule has 1 aromatic carbocycles. The number of hydrogen-bond donors (Lipinski definition) is 2. The van der Waals surface area contributed by atoms with Crippen molar-refractivity contribution < 1.29 is 14.0 Å². The lowest BCUT2D eigenvalue weighted by atomic mass is 10.0. The highest BCUT2D eigenvalue weighted by Gasteiger charge is 2.27. The largest absolute Gasteiger partial charge is 0.397 e. The van der Waals surface area contributed by atoms with Gasteiger partial charge in [-0.05, 0) is 18.6 Å². The maximum atomic E-state index is 14.3. The Morgan fingerprint density at radius 3 is 2.81 bits per heavy atom. The molecule has 1 saturated heterocycles. The molecule has 0 spiro atoms. The summed E-state index contributed by atoms with van der Waals surface area (Å²) < 4.78 is 14.3. The van der Waals surface area contributed by atoms with Crippen molar-refractivity contribution in [3.63, 3.8) is 0 Å². The van der Waals surface area contributed by atoms with E-state index < -0.39 is 11.7 Å². The Bertz CT molecular complexity index is 962. The molecule has 1 aromatic heterocycles. The number of primary amides is 1.